The van der Waals surface area contributed by atoms with E-state index in [-0.39, 0.29) is 11.4 Å². The molecule has 0 bridgehead atoms. The van der Waals surface area contributed by atoms with Crippen LogP contribution in [0.15, 0.2) is 0 Å². The summed E-state index contributed by atoms with van der Waals surface area (Å²) in [4.78, 5) is 12.1. The normalized spacial score (nSPS) is 35.5. The van der Waals surface area contributed by atoms with Crippen LogP contribution in [0.2, 0.25) is 0 Å². The lowest BCUT2D eigenvalue weighted by Crippen LogP contribution is -2.62. The van der Waals surface area contributed by atoms with Crippen LogP contribution in [0, 0.1) is 11.3 Å². The Hall–Kier alpha value is -0.570. The highest BCUT2D eigenvalue weighted by Gasteiger charge is 2.42. The van der Waals surface area contributed by atoms with Gasteiger partial charge in [-0.15, -0.1) is 0 Å². The van der Waals surface area contributed by atoms with Crippen LogP contribution in [-0.4, -0.2) is 24.5 Å². The molecule has 3 nitrogen and oxygen atoms in total. The van der Waals surface area contributed by atoms with Crippen molar-refractivity contribution in [2.45, 2.75) is 58.4 Å². The first-order valence-electron chi connectivity index (χ1n) is 6.97. The topological polar surface area (TPSA) is 41.1 Å². The molecule has 17 heavy (non-hydrogen) atoms. The molecule has 0 aromatic heterocycles. The van der Waals surface area contributed by atoms with Crippen LogP contribution < -0.4 is 10.6 Å². The monoisotopic (exact) mass is 238 g/mol. The van der Waals surface area contributed by atoms with Crippen molar-refractivity contribution in [2.75, 3.05) is 13.1 Å². The second kappa shape index (κ2) is 4.60. The molecule has 1 saturated carbocycles. The number of carbonyl (C=O) groups is 1. The minimum Gasteiger partial charge on any atom is -0.353 e. The minimum atomic E-state index is -0.252. The molecule has 98 valence electrons. The summed E-state index contributed by atoms with van der Waals surface area (Å²) in [5.41, 5.74) is 0.120. The highest BCUT2D eigenvalue weighted by atomic mass is 16.2. The van der Waals surface area contributed by atoms with E-state index in [1.165, 1.54) is 19.3 Å². The Morgan fingerprint density at radius 2 is 1.94 bits per heavy atom. The molecule has 2 rings (SSSR count). The maximum absolute atomic E-state index is 12.1. The number of amides is 1. The first kappa shape index (κ1) is 12.9. The summed E-state index contributed by atoms with van der Waals surface area (Å²) < 4.78 is 0. The summed E-state index contributed by atoms with van der Waals surface area (Å²) >= 11 is 0. The smallest absolute Gasteiger partial charge is 0.240 e. The Balaban J connectivity index is 2.06. The van der Waals surface area contributed by atoms with Gasteiger partial charge in [0.25, 0.3) is 0 Å². The van der Waals surface area contributed by atoms with Gasteiger partial charge >= 0.3 is 0 Å². The first-order valence-corrected chi connectivity index (χ1v) is 6.97. The fourth-order valence-corrected chi connectivity index (χ4v) is 3.34. The average molecular weight is 238 g/mol. The molecule has 0 aromatic carbocycles. The fourth-order valence-electron chi connectivity index (χ4n) is 3.34. The summed E-state index contributed by atoms with van der Waals surface area (Å²) in [5.74, 6) is 0.983. The number of hydrogen-bond acceptors (Lipinski definition) is 2. The van der Waals surface area contributed by atoms with Crippen molar-refractivity contribution >= 4 is 5.91 Å². The van der Waals surface area contributed by atoms with E-state index in [4.69, 9.17) is 0 Å². The van der Waals surface area contributed by atoms with Crippen molar-refractivity contribution in [2.24, 2.45) is 11.3 Å². The van der Waals surface area contributed by atoms with Crippen molar-refractivity contribution < 1.29 is 4.79 Å². The summed E-state index contributed by atoms with van der Waals surface area (Å²) in [5, 5.41) is 6.51. The Kier molecular flexibility index (Phi) is 3.48. The molecule has 2 aliphatic rings. The Bertz CT molecular complexity index is 295. The van der Waals surface area contributed by atoms with Gasteiger partial charge in [-0.2, -0.15) is 0 Å². The van der Waals surface area contributed by atoms with Gasteiger partial charge in [0.15, 0.2) is 0 Å². The highest BCUT2D eigenvalue weighted by molar-refractivity contribution is 5.87. The SMILES string of the molecule is CC(C)(C)C1CCCC2(CC1)NCCNC2=O. The van der Waals surface area contributed by atoms with E-state index in [9.17, 15) is 4.79 Å². The lowest BCUT2D eigenvalue weighted by molar-refractivity contribution is -0.130. The van der Waals surface area contributed by atoms with Crippen molar-refractivity contribution in [3.63, 3.8) is 0 Å². The van der Waals surface area contributed by atoms with Gasteiger partial charge in [-0.05, 0) is 37.0 Å². The minimum absolute atomic E-state index is 0.235. The van der Waals surface area contributed by atoms with Crippen LogP contribution in [0.4, 0.5) is 0 Å². The predicted molar refractivity (Wildman–Crippen MR) is 69.8 cm³/mol. The Labute approximate surface area is 105 Å². The van der Waals surface area contributed by atoms with E-state index in [1.54, 1.807) is 0 Å². The van der Waals surface area contributed by atoms with Crippen LogP contribution in [0.25, 0.3) is 0 Å². The molecule has 1 amide bonds. The number of carbonyl (C=O) groups excluding carboxylic acids is 1. The van der Waals surface area contributed by atoms with Gasteiger partial charge < -0.3 is 10.6 Å². The second-order valence-electron chi connectivity index (χ2n) is 6.76. The zero-order chi connectivity index (χ0) is 12.5. The molecular formula is C14H26N2O. The predicted octanol–water partition coefficient (Wildman–Crippen LogP) is 2.07. The average Bonchev–Trinajstić information content (AvgIpc) is 2.46. The van der Waals surface area contributed by atoms with Gasteiger partial charge in [0.1, 0.15) is 0 Å². The van der Waals surface area contributed by atoms with Crippen molar-refractivity contribution in [3.8, 4) is 0 Å². The zero-order valence-electron chi connectivity index (χ0n) is 11.4. The van der Waals surface area contributed by atoms with E-state index >= 15 is 0 Å². The second-order valence-corrected chi connectivity index (χ2v) is 6.76. The van der Waals surface area contributed by atoms with Gasteiger partial charge in [0, 0.05) is 13.1 Å². The highest BCUT2D eigenvalue weighted by Crippen LogP contribution is 2.40. The Morgan fingerprint density at radius 1 is 1.18 bits per heavy atom. The largest absolute Gasteiger partial charge is 0.353 e. The molecule has 1 aliphatic heterocycles. The molecule has 2 fully saturated rings. The molecule has 2 N–H and O–H groups in total. The quantitative estimate of drug-likeness (QED) is 0.678. The summed E-state index contributed by atoms with van der Waals surface area (Å²) in [6.45, 7) is 8.67. The maximum atomic E-state index is 12.1. The summed E-state index contributed by atoms with van der Waals surface area (Å²) in [6.07, 6.45) is 5.61. The van der Waals surface area contributed by atoms with Crippen LogP contribution in [0.3, 0.4) is 0 Å². The van der Waals surface area contributed by atoms with Crippen LogP contribution in [-0.2, 0) is 4.79 Å². The molecule has 0 radical (unpaired) electrons. The fraction of sp³-hybridized carbons (Fsp3) is 0.929. The van der Waals surface area contributed by atoms with Crippen molar-refractivity contribution in [1.29, 1.82) is 0 Å². The molecule has 0 aromatic rings. The molecule has 1 saturated heterocycles. The van der Waals surface area contributed by atoms with Gasteiger partial charge in [0.2, 0.25) is 5.91 Å². The maximum Gasteiger partial charge on any atom is 0.240 e. The molecule has 1 aliphatic carbocycles. The first-order chi connectivity index (χ1) is 7.94. The lowest BCUT2D eigenvalue weighted by atomic mass is 9.76. The number of rotatable bonds is 0. The summed E-state index contributed by atoms with van der Waals surface area (Å²) in [6, 6.07) is 0. The standard InChI is InChI=1S/C14H26N2O/c1-13(2,3)11-5-4-7-14(8-6-11)12(17)15-9-10-16-14/h11,16H,4-10H2,1-3H3,(H,15,17). The van der Waals surface area contributed by atoms with Crippen LogP contribution in [0.5, 0.6) is 0 Å². The van der Waals surface area contributed by atoms with Crippen LogP contribution >= 0.6 is 0 Å². The molecule has 1 heterocycles. The van der Waals surface area contributed by atoms with E-state index < -0.39 is 0 Å². The lowest BCUT2D eigenvalue weighted by Gasteiger charge is -2.37. The molecule has 2 atom stereocenters. The van der Waals surface area contributed by atoms with E-state index in [2.05, 4.69) is 31.4 Å². The van der Waals surface area contributed by atoms with Gasteiger partial charge in [-0.25, -0.2) is 0 Å². The molecule has 2 unspecified atom stereocenters. The Morgan fingerprint density at radius 3 is 2.59 bits per heavy atom. The van der Waals surface area contributed by atoms with Gasteiger partial charge in [0.05, 0.1) is 5.54 Å². The number of piperazine rings is 1. The number of hydrogen-bond donors (Lipinski definition) is 2. The van der Waals surface area contributed by atoms with Gasteiger partial charge in [-0.1, -0.05) is 27.2 Å². The van der Waals surface area contributed by atoms with Gasteiger partial charge in [-0.3, -0.25) is 4.79 Å². The van der Waals surface area contributed by atoms with E-state index in [1.807, 2.05) is 0 Å². The molecule has 1 spiro atoms. The molecule has 3 heteroatoms. The van der Waals surface area contributed by atoms with Crippen molar-refractivity contribution in [1.82, 2.24) is 10.6 Å². The molecular weight excluding hydrogens is 212 g/mol. The van der Waals surface area contributed by atoms with Crippen LogP contribution in [0.1, 0.15) is 52.9 Å². The zero-order valence-corrected chi connectivity index (χ0v) is 11.4. The third-order valence-corrected chi connectivity index (χ3v) is 4.61. The van der Waals surface area contributed by atoms with E-state index in [0.29, 0.717) is 5.41 Å². The van der Waals surface area contributed by atoms with Crippen molar-refractivity contribution in [3.05, 3.63) is 0 Å². The third kappa shape index (κ3) is 2.65. The third-order valence-electron chi connectivity index (χ3n) is 4.61. The summed E-state index contributed by atoms with van der Waals surface area (Å²) in [7, 11) is 0. The number of nitrogens with one attached hydrogen (secondary N) is 2. The van der Waals surface area contributed by atoms with E-state index in [0.717, 1.165) is 31.8 Å².